The molecule has 1 aliphatic carbocycles. The molecule has 4 rings (SSSR count). The number of halogens is 2. The fourth-order valence-corrected chi connectivity index (χ4v) is 6.52. The van der Waals surface area contributed by atoms with Crippen molar-refractivity contribution in [1.29, 1.82) is 0 Å². The van der Waals surface area contributed by atoms with Crippen molar-refractivity contribution < 1.29 is 22.4 Å². The quantitative estimate of drug-likeness (QED) is 0.337. The molecule has 0 saturated heterocycles. The molecule has 0 aromatic heterocycles. The zero-order valence-electron chi connectivity index (χ0n) is 21.6. The van der Waals surface area contributed by atoms with E-state index < -0.39 is 34.3 Å². The number of sulfonamides is 1. The van der Waals surface area contributed by atoms with E-state index in [1.165, 1.54) is 17.0 Å². The lowest BCUT2D eigenvalue weighted by atomic mass is 10.1. The molecule has 0 radical (unpaired) electrons. The van der Waals surface area contributed by atoms with E-state index in [0.717, 1.165) is 52.2 Å². The molecule has 1 aliphatic rings. The molecule has 0 heterocycles. The van der Waals surface area contributed by atoms with Crippen molar-refractivity contribution in [3.63, 3.8) is 0 Å². The van der Waals surface area contributed by atoms with Gasteiger partial charge in [0.05, 0.1) is 10.6 Å². The maximum Gasteiger partial charge on any atom is 0.264 e. The fourth-order valence-electron chi connectivity index (χ4n) is 4.66. The van der Waals surface area contributed by atoms with E-state index in [0.29, 0.717) is 0 Å². The number of hydrogen-bond donors (Lipinski definition) is 1. The topological polar surface area (TPSA) is 86.8 Å². The van der Waals surface area contributed by atoms with E-state index in [1.54, 1.807) is 37.3 Å². The van der Waals surface area contributed by atoms with Crippen LogP contribution in [-0.2, 0) is 26.2 Å². The minimum absolute atomic E-state index is 0.0717. The van der Waals surface area contributed by atoms with Crippen molar-refractivity contribution in [2.24, 2.45) is 0 Å². The van der Waals surface area contributed by atoms with Crippen molar-refractivity contribution in [1.82, 2.24) is 10.2 Å². The zero-order valence-corrected chi connectivity index (χ0v) is 24.0. The molecule has 0 bridgehead atoms. The van der Waals surface area contributed by atoms with Gasteiger partial charge in [-0.2, -0.15) is 0 Å². The highest BCUT2D eigenvalue weighted by atomic mass is 79.9. The van der Waals surface area contributed by atoms with Gasteiger partial charge in [-0.15, -0.1) is 0 Å². The Morgan fingerprint density at radius 1 is 1.00 bits per heavy atom. The average molecular weight is 617 g/mol. The van der Waals surface area contributed by atoms with E-state index in [9.17, 15) is 22.4 Å². The minimum Gasteiger partial charge on any atom is -0.352 e. The third kappa shape index (κ3) is 7.24. The van der Waals surface area contributed by atoms with E-state index >= 15 is 0 Å². The molecule has 0 aliphatic heterocycles. The Morgan fingerprint density at radius 2 is 1.67 bits per heavy atom. The summed E-state index contributed by atoms with van der Waals surface area (Å²) in [6, 6.07) is 19.3. The molecule has 1 N–H and O–H groups in total. The van der Waals surface area contributed by atoms with Gasteiger partial charge in [0.2, 0.25) is 11.8 Å². The molecule has 206 valence electrons. The summed E-state index contributed by atoms with van der Waals surface area (Å²) in [6.07, 6.45) is 3.89. The Bertz CT molecular complexity index is 1400. The molecule has 3 aromatic rings. The smallest absolute Gasteiger partial charge is 0.264 e. The van der Waals surface area contributed by atoms with Crippen LogP contribution in [-0.4, -0.2) is 43.8 Å². The van der Waals surface area contributed by atoms with Crippen LogP contribution in [0.15, 0.2) is 88.2 Å². The summed E-state index contributed by atoms with van der Waals surface area (Å²) in [6.45, 7) is 1.22. The van der Waals surface area contributed by atoms with Gasteiger partial charge in [0, 0.05) is 17.1 Å². The molecule has 1 atom stereocenters. The first kappa shape index (κ1) is 28.8. The second-order valence-electron chi connectivity index (χ2n) is 9.62. The van der Waals surface area contributed by atoms with Crippen LogP contribution in [0.3, 0.4) is 0 Å². The number of carbonyl (C=O) groups excluding carboxylic acids is 2. The zero-order chi connectivity index (χ0) is 28.0. The molecule has 0 spiro atoms. The summed E-state index contributed by atoms with van der Waals surface area (Å²) in [4.78, 5) is 28.4. The summed E-state index contributed by atoms with van der Waals surface area (Å²) < 4.78 is 42.7. The maximum absolute atomic E-state index is 13.9. The van der Waals surface area contributed by atoms with Gasteiger partial charge in [-0.05, 0) is 73.9 Å². The van der Waals surface area contributed by atoms with E-state index in [4.69, 9.17) is 0 Å². The van der Waals surface area contributed by atoms with Crippen LogP contribution >= 0.6 is 15.9 Å². The molecule has 39 heavy (non-hydrogen) atoms. The minimum atomic E-state index is -4.23. The van der Waals surface area contributed by atoms with Crippen LogP contribution < -0.4 is 9.62 Å². The Labute approximate surface area is 237 Å². The van der Waals surface area contributed by atoms with Crippen LogP contribution in [0.4, 0.5) is 10.1 Å². The number of anilines is 1. The molecular formula is C29H31BrFN3O4S. The lowest BCUT2D eigenvalue weighted by Gasteiger charge is -2.32. The SMILES string of the molecule is C[C@H](C(=O)NC1CCCC1)N(Cc1cccc(Br)c1)C(=O)CN(c1ccccc1)S(=O)(=O)c1ccc(F)cc1. The Balaban J connectivity index is 1.66. The number of nitrogens with one attached hydrogen (secondary N) is 1. The number of rotatable bonds is 10. The monoisotopic (exact) mass is 615 g/mol. The summed E-state index contributed by atoms with van der Waals surface area (Å²) in [5.74, 6) is -1.39. The largest absolute Gasteiger partial charge is 0.352 e. The highest BCUT2D eigenvalue weighted by Gasteiger charge is 2.33. The predicted molar refractivity (Wildman–Crippen MR) is 152 cm³/mol. The van der Waals surface area contributed by atoms with Gasteiger partial charge < -0.3 is 10.2 Å². The van der Waals surface area contributed by atoms with Gasteiger partial charge in [-0.1, -0.05) is 59.1 Å². The van der Waals surface area contributed by atoms with E-state index in [1.807, 2.05) is 24.3 Å². The first-order valence-corrected chi connectivity index (χ1v) is 15.1. The number of nitrogens with zero attached hydrogens (tertiary/aromatic N) is 2. The van der Waals surface area contributed by atoms with E-state index in [-0.39, 0.29) is 29.1 Å². The molecule has 2 amide bonds. The number of hydrogen-bond acceptors (Lipinski definition) is 4. The molecule has 7 nitrogen and oxygen atoms in total. The Morgan fingerprint density at radius 3 is 2.31 bits per heavy atom. The van der Waals surface area contributed by atoms with Crippen molar-refractivity contribution >= 4 is 43.5 Å². The maximum atomic E-state index is 13.9. The predicted octanol–water partition coefficient (Wildman–Crippen LogP) is 5.26. The van der Waals surface area contributed by atoms with Gasteiger partial charge in [0.25, 0.3) is 10.0 Å². The molecule has 10 heteroatoms. The lowest BCUT2D eigenvalue weighted by molar-refractivity contribution is -0.139. The highest BCUT2D eigenvalue weighted by molar-refractivity contribution is 9.10. The molecule has 1 fully saturated rings. The van der Waals surface area contributed by atoms with Gasteiger partial charge in [-0.25, -0.2) is 12.8 Å². The van der Waals surface area contributed by atoms with E-state index in [2.05, 4.69) is 21.2 Å². The number of para-hydroxylation sites is 1. The first-order chi connectivity index (χ1) is 18.6. The Hall–Kier alpha value is -3.24. The van der Waals surface area contributed by atoms with Gasteiger partial charge in [-0.3, -0.25) is 13.9 Å². The molecule has 0 unspecified atom stereocenters. The second-order valence-corrected chi connectivity index (χ2v) is 12.4. The van der Waals surface area contributed by atoms with Gasteiger partial charge >= 0.3 is 0 Å². The number of carbonyl (C=O) groups is 2. The summed E-state index contributed by atoms with van der Waals surface area (Å²) in [5, 5.41) is 3.05. The van der Waals surface area contributed by atoms with Crippen LogP contribution in [0.2, 0.25) is 0 Å². The Kier molecular flexibility index (Phi) is 9.40. The molecular weight excluding hydrogens is 585 g/mol. The van der Waals surface area contributed by atoms with Gasteiger partial charge in [0.15, 0.2) is 0 Å². The average Bonchev–Trinajstić information content (AvgIpc) is 3.43. The molecule has 1 saturated carbocycles. The highest BCUT2D eigenvalue weighted by Crippen LogP contribution is 2.25. The fraction of sp³-hybridized carbons (Fsp3) is 0.310. The van der Waals surface area contributed by atoms with Crippen LogP contribution in [0.5, 0.6) is 0 Å². The molecule has 3 aromatic carbocycles. The van der Waals surface area contributed by atoms with Crippen molar-refractivity contribution in [2.45, 2.75) is 56.1 Å². The lowest BCUT2D eigenvalue weighted by Crippen LogP contribution is -2.52. The summed E-state index contributed by atoms with van der Waals surface area (Å²) >= 11 is 3.44. The standard InChI is InChI=1S/C29H31BrFN3O4S/c1-21(29(36)32-25-10-5-6-11-25)33(19-22-8-7-9-23(30)18-22)28(35)20-34(26-12-3-2-4-13-26)39(37,38)27-16-14-24(31)15-17-27/h2-4,7-9,12-18,21,25H,5-6,10-11,19-20H2,1H3,(H,32,36)/t21-/m1/s1. The van der Waals surface area contributed by atoms with Crippen LogP contribution in [0, 0.1) is 5.82 Å². The van der Waals surface area contributed by atoms with Crippen LogP contribution in [0.25, 0.3) is 0 Å². The van der Waals surface area contributed by atoms with Gasteiger partial charge in [0.1, 0.15) is 18.4 Å². The number of benzene rings is 3. The number of amides is 2. The third-order valence-corrected chi connectivity index (χ3v) is 9.12. The first-order valence-electron chi connectivity index (χ1n) is 12.8. The normalized spacial score (nSPS) is 14.5. The van der Waals surface area contributed by atoms with Crippen molar-refractivity contribution in [3.05, 3.63) is 94.7 Å². The van der Waals surface area contributed by atoms with Crippen molar-refractivity contribution in [2.75, 3.05) is 10.8 Å². The van der Waals surface area contributed by atoms with Crippen molar-refractivity contribution in [3.8, 4) is 0 Å². The summed E-state index contributed by atoms with van der Waals surface area (Å²) in [5.41, 5.74) is 1.06. The summed E-state index contributed by atoms with van der Waals surface area (Å²) in [7, 11) is -4.23. The van der Waals surface area contributed by atoms with Crippen LogP contribution in [0.1, 0.15) is 38.2 Å². The third-order valence-electron chi connectivity index (χ3n) is 6.84. The second kappa shape index (κ2) is 12.7.